The molecule has 7 nitrogen and oxygen atoms in total. The van der Waals surface area contributed by atoms with Gasteiger partial charge < -0.3 is 0 Å². The summed E-state index contributed by atoms with van der Waals surface area (Å²) in [6.07, 6.45) is 0. The van der Waals surface area contributed by atoms with E-state index in [2.05, 4.69) is 9.93 Å². The van der Waals surface area contributed by atoms with Crippen LogP contribution in [-0.2, 0) is 10.0 Å². The molecule has 0 bridgehead atoms. The number of nitrogens with zero attached hydrogens (tertiary/aromatic N) is 2. The van der Waals surface area contributed by atoms with Gasteiger partial charge in [0.1, 0.15) is 0 Å². The number of hydrogen-bond acceptors (Lipinski definition) is 5. The summed E-state index contributed by atoms with van der Waals surface area (Å²) >= 11 is 0. The molecular formula is C14H13N3O4S. The van der Waals surface area contributed by atoms with Crippen LogP contribution in [0.5, 0.6) is 0 Å². The molecule has 0 heterocycles. The first-order valence-corrected chi connectivity index (χ1v) is 7.74. The van der Waals surface area contributed by atoms with Crippen molar-refractivity contribution in [3.8, 4) is 0 Å². The van der Waals surface area contributed by atoms with Gasteiger partial charge in [-0.25, -0.2) is 0 Å². The molecule has 0 radical (unpaired) electrons. The van der Waals surface area contributed by atoms with Crippen LogP contribution in [0.15, 0.2) is 64.6 Å². The van der Waals surface area contributed by atoms with Gasteiger partial charge in [0.25, 0.3) is 15.7 Å². The fourth-order valence-corrected chi connectivity index (χ4v) is 2.55. The number of nitro benzene ring substituents is 1. The predicted octanol–water partition coefficient (Wildman–Crippen LogP) is 2.30. The second-order valence-electron chi connectivity index (χ2n) is 4.41. The molecule has 114 valence electrons. The zero-order chi connectivity index (χ0) is 16.2. The molecule has 1 N–H and O–H groups in total. The van der Waals surface area contributed by atoms with Gasteiger partial charge in [-0.1, -0.05) is 18.2 Å². The third-order valence-electron chi connectivity index (χ3n) is 2.88. The Morgan fingerprint density at radius 2 is 1.68 bits per heavy atom. The first-order chi connectivity index (χ1) is 10.4. The van der Waals surface area contributed by atoms with Crippen molar-refractivity contribution < 1.29 is 13.3 Å². The van der Waals surface area contributed by atoms with Crippen LogP contribution in [0.25, 0.3) is 0 Å². The second kappa shape index (κ2) is 6.35. The quantitative estimate of drug-likeness (QED) is 0.519. The minimum atomic E-state index is -3.73. The number of hydrazone groups is 1. The van der Waals surface area contributed by atoms with Crippen molar-refractivity contribution in [3.05, 3.63) is 70.3 Å². The lowest BCUT2D eigenvalue weighted by molar-refractivity contribution is -0.384. The normalized spacial score (nSPS) is 12.0. The molecule has 0 saturated carbocycles. The highest BCUT2D eigenvalue weighted by Gasteiger charge is 2.12. The van der Waals surface area contributed by atoms with Gasteiger partial charge >= 0.3 is 0 Å². The third kappa shape index (κ3) is 3.67. The molecule has 22 heavy (non-hydrogen) atoms. The van der Waals surface area contributed by atoms with Crippen molar-refractivity contribution in [1.82, 2.24) is 4.83 Å². The lowest BCUT2D eigenvalue weighted by Crippen LogP contribution is -2.19. The van der Waals surface area contributed by atoms with E-state index in [1.54, 1.807) is 25.1 Å². The number of benzene rings is 2. The van der Waals surface area contributed by atoms with Crippen LogP contribution < -0.4 is 4.83 Å². The molecule has 0 amide bonds. The van der Waals surface area contributed by atoms with Crippen LogP contribution in [0.3, 0.4) is 0 Å². The summed E-state index contributed by atoms with van der Waals surface area (Å²) in [4.78, 5) is 12.3. The lowest BCUT2D eigenvalue weighted by atomic mass is 10.1. The molecule has 0 aliphatic heterocycles. The topological polar surface area (TPSA) is 102 Å². The standard InChI is InChI=1S/C14H13N3O4S/c1-11(12-7-9-13(10-8-12)17(18)19)15-16-22(20,21)14-5-3-2-4-6-14/h2-10,16H,1H3/b15-11-. The Hall–Kier alpha value is -2.74. The van der Waals surface area contributed by atoms with E-state index >= 15 is 0 Å². The van der Waals surface area contributed by atoms with E-state index in [0.29, 0.717) is 11.3 Å². The predicted molar refractivity (Wildman–Crippen MR) is 82.1 cm³/mol. The van der Waals surface area contributed by atoms with Crippen LogP contribution in [0.4, 0.5) is 5.69 Å². The molecule has 2 rings (SSSR count). The molecule has 0 aliphatic carbocycles. The Kier molecular flexibility index (Phi) is 4.52. The number of nitro groups is 1. The van der Waals surface area contributed by atoms with Crippen molar-refractivity contribution in [2.24, 2.45) is 5.10 Å². The third-order valence-corrected chi connectivity index (χ3v) is 4.11. The van der Waals surface area contributed by atoms with Crippen molar-refractivity contribution in [3.63, 3.8) is 0 Å². The molecular weight excluding hydrogens is 306 g/mol. The van der Waals surface area contributed by atoms with E-state index < -0.39 is 14.9 Å². The van der Waals surface area contributed by atoms with E-state index in [4.69, 9.17) is 0 Å². The fourth-order valence-electron chi connectivity index (χ4n) is 1.67. The average molecular weight is 319 g/mol. The summed E-state index contributed by atoms with van der Waals surface area (Å²) in [5.74, 6) is 0. The highest BCUT2D eigenvalue weighted by molar-refractivity contribution is 7.89. The minimum absolute atomic E-state index is 0.0404. The minimum Gasteiger partial charge on any atom is -0.258 e. The van der Waals surface area contributed by atoms with Crippen molar-refractivity contribution in [2.75, 3.05) is 0 Å². The van der Waals surface area contributed by atoms with Gasteiger partial charge in [-0.05, 0) is 36.8 Å². The van der Waals surface area contributed by atoms with Gasteiger partial charge in [-0.2, -0.15) is 18.4 Å². The van der Waals surface area contributed by atoms with Crippen LogP contribution in [0.1, 0.15) is 12.5 Å². The zero-order valence-corrected chi connectivity index (χ0v) is 12.4. The molecule has 0 aliphatic rings. The highest BCUT2D eigenvalue weighted by Crippen LogP contribution is 2.13. The summed E-state index contributed by atoms with van der Waals surface area (Å²) < 4.78 is 24.0. The van der Waals surface area contributed by atoms with Crippen molar-refractivity contribution in [1.29, 1.82) is 0 Å². The van der Waals surface area contributed by atoms with E-state index in [-0.39, 0.29) is 10.6 Å². The molecule has 0 aromatic heterocycles. The van der Waals surface area contributed by atoms with Crippen molar-refractivity contribution in [2.45, 2.75) is 11.8 Å². The average Bonchev–Trinajstić information content (AvgIpc) is 2.53. The maximum atomic E-state index is 12.0. The highest BCUT2D eigenvalue weighted by atomic mass is 32.2. The van der Waals surface area contributed by atoms with Crippen LogP contribution >= 0.6 is 0 Å². The number of rotatable bonds is 5. The lowest BCUT2D eigenvalue weighted by Gasteiger charge is -2.05. The molecule has 2 aromatic rings. The molecule has 0 unspecified atom stereocenters. The first kappa shape index (κ1) is 15.6. The summed E-state index contributed by atoms with van der Waals surface area (Å²) in [5, 5.41) is 14.4. The van der Waals surface area contributed by atoms with E-state index in [0.717, 1.165) is 0 Å². The molecule has 0 fully saturated rings. The molecule has 0 saturated heterocycles. The van der Waals surface area contributed by atoms with Crippen LogP contribution in [0, 0.1) is 10.1 Å². The van der Waals surface area contributed by atoms with Gasteiger partial charge in [0.15, 0.2) is 0 Å². The van der Waals surface area contributed by atoms with Gasteiger partial charge in [0.05, 0.1) is 15.5 Å². The molecule has 0 atom stereocenters. The number of hydrogen-bond donors (Lipinski definition) is 1. The summed E-state index contributed by atoms with van der Waals surface area (Å²) in [6, 6.07) is 13.5. The number of non-ortho nitro benzene ring substituents is 1. The van der Waals surface area contributed by atoms with Crippen LogP contribution in [0.2, 0.25) is 0 Å². The zero-order valence-electron chi connectivity index (χ0n) is 11.6. The summed E-state index contributed by atoms with van der Waals surface area (Å²) in [5.41, 5.74) is 0.942. The van der Waals surface area contributed by atoms with E-state index in [1.807, 2.05) is 0 Å². The number of nitrogens with one attached hydrogen (secondary N) is 1. The van der Waals surface area contributed by atoms with Gasteiger partial charge in [-0.3, -0.25) is 10.1 Å². The van der Waals surface area contributed by atoms with Crippen LogP contribution in [-0.4, -0.2) is 19.1 Å². The fraction of sp³-hybridized carbons (Fsp3) is 0.0714. The molecule has 2 aromatic carbocycles. The van der Waals surface area contributed by atoms with E-state index in [1.165, 1.54) is 36.4 Å². The summed E-state index contributed by atoms with van der Waals surface area (Å²) in [7, 11) is -3.73. The second-order valence-corrected chi connectivity index (χ2v) is 6.07. The maximum absolute atomic E-state index is 12.0. The Balaban J connectivity index is 2.17. The molecule has 8 heteroatoms. The van der Waals surface area contributed by atoms with Gasteiger partial charge in [-0.15, -0.1) is 0 Å². The Bertz CT molecular complexity index is 800. The molecule has 0 spiro atoms. The monoisotopic (exact) mass is 319 g/mol. The summed E-state index contributed by atoms with van der Waals surface area (Å²) in [6.45, 7) is 1.61. The Morgan fingerprint density at radius 1 is 1.09 bits per heavy atom. The van der Waals surface area contributed by atoms with E-state index in [9.17, 15) is 18.5 Å². The first-order valence-electron chi connectivity index (χ1n) is 6.26. The SMILES string of the molecule is C/C(=N/NS(=O)(=O)c1ccccc1)c1ccc([N+](=O)[O-])cc1. The smallest absolute Gasteiger partial charge is 0.258 e. The maximum Gasteiger partial charge on any atom is 0.276 e. The number of sulfonamides is 1. The Morgan fingerprint density at radius 3 is 2.23 bits per heavy atom. The largest absolute Gasteiger partial charge is 0.276 e. The van der Waals surface area contributed by atoms with Gasteiger partial charge in [0, 0.05) is 12.1 Å². The Labute approximate surface area is 127 Å². The van der Waals surface area contributed by atoms with Crippen molar-refractivity contribution >= 4 is 21.4 Å². The van der Waals surface area contributed by atoms with Gasteiger partial charge in [0.2, 0.25) is 0 Å².